The van der Waals surface area contributed by atoms with Gasteiger partial charge in [0.2, 0.25) is 0 Å². The summed E-state index contributed by atoms with van der Waals surface area (Å²) >= 11 is 0. The van der Waals surface area contributed by atoms with Crippen molar-refractivity contribution in [3.8, 4) is 11.1 Å². The van der Waals surface area contributed by atoms with Crippen LogP contribution in [-0.4, -0.2) is 42.0 Å². The van der Waals surface area contributed by atoms with Gasteiger partial charge in [-0.05, 0) is 56.5 Å². The number of hydrogen-bond donors (Lipinski definition) is 0. The molecule has 1 fully saturated rings. The van der Waals surface area contributed by atoms with E-state index in [4.69, 9.17) is 4.98 Å². The molecule has 5 rings (SSSR count). The van der Waals surface area contributed by atoms with Crippen molar-refractivity contribution in [2.45, 2.75) is 27.7 Å². The smallest absolute Gasteiger partial charge is 0.254 e. The fourth-order valence-corrected chi connectivity index (χ4v) is 4.92. The molecule has 1 aliphatic rings. The van der Waals surface area contributed by atoms with Crippen molar-refractivity contribution in [3.63, 3.8) is 0 Å². The lowest BCUT2D eigenvalue weighted by Crippen LogP contribution is -2.49. The molecule has 0 atom stereocenters. The summed E-state index contributed by atoms with van der Waals surface area (Å²) in [6, 6.07) is 23.0. The molecule has 1 saturated heterocycles. The number of piperazine rings is 1. The number of hydrogen-bond acceptors (Lipinski definition) is 3. The normalized spacial score (nSPS) is 14.0. The molecule has 0 bridgehead atoms. The number of nitrogens with zero attached hydrogens (tertiary/aromatic N) is 3. The molecule has 34 heavy (non-hydrogen) atoms. The second kappa shape index (κ2) is 8.94. The number of carbonyl (C=O) groups is 1. The SMILES string of the molecule is Cc1ccc(-c2cccc3c(C(=O)N4CCN(c5cccc(C)c5C)CC4)cc(C)nc23)cc1. The van der Waals surface area contributed by atoms with Crippen LogP contribution in [0.25, 0.3) is 22.0 Å². The Labute approximate surface area is 201 Å². The van der Waals surface area contributed by atoms with Gasteiger partial charge in [0.15, 0.2) is 0 Å². The van der Waals surface area contributed by atoms with Gasteiger partial charge in [0, 0.05) is 48.5 Å². The Morgan fingerprint density at radius 1 is 0.824 bits per heavy atom. The van der Waals surface area contributed by atoms with Gasteiger partial charge >= 0.3 is 0 Å². The molecule has 4 heteroatoms. The van der Waals surface area contributed by atoms with Crippen molar-refractivity contribution in [1.29, 1.82) is 0 Å². The predicted molar refractivity (Wildman–Crippen MR) is 141 cm³/mol. The van der Waals surface area contributed by atoms with Crippen LogP contribution in [0.4, 0.5) is 5.69 Å². The highest BCUT2D eigenvalue weighted by molar-refractivity contribution is 6.09. The molecule has 0 aliphatic carbocycles. The van der Waals surface area contributed by atoms with Crippen LogP contribution in [0, 0.1) is 27.7 Å². The summed E-state index contributed by atoms with van der Waals surface area (Å²) < 4.78 is 0. The minimum atomic E-state index is 0.0946. The van der Waals surface area contributed by atoms with Crippen LogP contribution in [0.3, 0.4) is 0 Å². The molecule has 1 amide bonds. The van der Waals surface area contributed by atoms with Gasteiger partial charge in [-0.1, -0.05) is 60.2 Å². The zero-order valence-electron chi connectivity index (χ0n) is 20.4. The number of para-hydroxylation sites is 1. The molecule has 0 spiro atoms. The molecule has 0 saturated carbocycles. The molecule has 4 nitrogen and oxygen atoms in total. The van der Waals surface area contributed by atoms with E-state index in [0.717, 1.165) is 46.4 Å². The minimum absolute atomic E-state index is 0.0946. The first-order valence-electron chi connectivity index (χ1n) is 12.0. The van der Waals surface area contributed by atoms with E-state index in [2.05, 4.69) is 74.2 Å². The van der Waals surface area contributed by atoms with Crippen LogP contribution in [0.15, 0.2) is 66.7 Å². The average Bonchev–Trinajstić information content (AvgIpc) is 2.85. The Bertz CT molecular complexity index is 1370. The summed E-state index contributed by atoms with van der Waals surface area (Å²) in [4.78, 5) is 23.0. The Hall–Kier alpha value is -3.66. The summed E-state index contributed by atoms with van der Waals surface area (Å²) in [7, 11) is 0. The molecule has 0 radical (unpaired) electrons. The Balaban J connectivity index is 1.44. The molecule has 1 aromatic heterocycles. The number of carbonyl (C=O) groups excluding carboxylic acids is 1. The second-order valence-corrected chi connectivity index (χ2v) is 9.38. The summed E-state index contributed by atoms with van der Waals surface area (Å²) in [5.41, 5.74) is 9.82. The van der Waals surface area contributed by atoms with E-state index in [-0.39, 0.29) is 5.91 Å². The topological polar surface area (TPSA) is 36.4 Å². The Morgan fingerprint density at radius 3 is 2.26 bits per heavy atom. The molecule has 3 aromatic carbocycles. The monoisotopic (exact) mass is 449 g/mol. The predicted octanol–water partition coefficient (Wildman–Crippen LogP) is 6.10. The molecular weight excluding hydrogens is 418 g/mol. The largest absolute Gasteiger partial charge is 0.368 e. The third kappa shape index (κ3) is 4.05. The Kier molecular flexibility index (Phi) is 5.82. The number of rotatable bonds is 3. The number of aromatic nitrogens is 1. The van der Waals surface area contributed by atoms with Crippen molar-refractivity contribution in [2.24, 2.45) is 0 Å². The van der Waals surface area contributed by atoms with Crippen molar-refractivity contribution >= 4 is 22.5 Å². The lowest BCUT2D eigenvalue weighted by atomic mass is 9.97. The molecule has 0 N–H and O–H groups in total. The maximum absolute atomic E-state index is 13.7. The number of fused-ring (bicyclic) bond motifs is 1. The summed E-state index contributed by atoms with van der Waals surface area (Å²) in [5, 5.41) is 0.922. The molecular formula is C30H31N3O. The van der Waals surface area contributed by atoms with Crippen LogP contribution in [-0.2, 0) is 0 Å². The first-order chi connectivity index (χ1) is 16.4. The maximum Gasteiger partial charge on any atom is 0.254 e. The molecule has 4 aromatic rings. The van der Waals surface area contributed by atoms with Crippen LogP contribution < -0.4 is 4.90 Å². The summed E-state index contributed by atoms with van der Waals surface area (Å²) in [6.07, 6.45) is 0. The van der Waals surface area contributed by atoms with Crippen LogP contribution in [0.5, 0.6) is 0 Å². The van der Waals surface area contributed by atoms with Gasteiger partial charge in [-0.15, -0.1) is 0 Å². The molecule has 2 heterocycles. The molecule has 1 aliphatic heterocycles. The average molecular weight is 450 g/mol. The maximum atomic E-state index is 13.7. The van der Waals surface area contributed by atoms with Crippen molar-refractivity contribution in [1.82, 2.24) is 9.88 Å². The van der Waals surface area contributed by atoms with Gasteiger partial charge < -0.3 is 9.80 Å². The standard InChI is InChI=1S/C30H31N3O/c1-20-11-13-24(14-12-20)25-8-6-9-26-27(19-22(3)31-29(25)26)30(34)33-17-15-32(16-18-33)28-10-5-7-21(2)23(28)4/h5-14,19H,15-18H2,1-4H3. The van der Waals surface area contributed by atoms with Gasteiger partial charge in [0.1, 0.15) is 0 Å². The van der Waals surface area contributed by atoms with Gasteiger partial charge in [-0.3, -0.25) is 9.78 Å². The second-order valence-electron chi connectivity index (χ2n) is 9.38. The van der Waals surface area contributed by atoms with Crippen LogP contribution in [0.1, 0.15) is 32.7 Å². The number of anilines is 1. The highest BCUT2D eigenvalue weighted by Gasteiger charge is 2.25. The van der Waals surface area contributed by atoms with E-state index in [0.29, 0.717) is 13.1 Å². The van der Waals surface area contributed by atoms with Crippen molar-refractivity contribution < 1.29 is 4.79 Å². The number of benzene rings is 3. The van der Waals surface area contributed by atoms with Gasteiger partial charge in [0.25, 0.3) is 5.91 Å². The lowest BCUT2D eigenvalue weighted by Gasteiger charge is -2.37. The summed E-state index contributed by atoms with van der Waals surface area (Å²) in [5.74, 6) is 0.0946. The third-order valence-electron chi connectivity index (χ3n) is 7.04. The first kappa shape index (κ1) is 22.1. The highest BCUT2D eigenvalue weighted by atomic mass is 16.2. The quantitative estimate of drug-likeness (QED) is 0.379. The summed E-state index contributed by atoms with van der Waals surface area (Å²) in [6.45, 7) is 11.5. The Morgan fingerprint density at radius 2 is 1.53 bits per heavy atom. The zero-order chi connectivity index (χ0) is 23.8. The molecule has 172 valence electrons. The van der Waals surface area contributed by atoms with E-state index < -0.39 is 0 Å². The van der Waals surface area contributed by atoms with E-state index in [1.54, 1.807) is 0 Å². The van der Waals surface area contributed by atoms with Crippen LogP contribution in [0.2, 0.25) is 0 Å². The third-order valence-corrected chi connectivity index (χ3v) is 7.04. The van der Waals surface area contributed by atoms with Gasteiger partial charge in [-0.2, -0.15) is 0 Å². The highest BCUT2D eigenvalue weighted by Crippen LogP contribution is 2.31. The van der Waals surface area contributed by atoms with E-state index in [9.17, 15) is 4.79 Å². The zero-order valence-corrected chi connectivity index (χ0v) is 20.4. The van der Waals surface area contributed by atoms with E-state index in [1.165, 1.54) is 22.4 Å². The number of pyridine rings is 1. The molecule has 0 unspecified atom stereocenters. The number of aryl methyl sites for hydroxylation is 3. The lowest BCUT2D eigenvalue weighted by molar-refractivity contribution is 0.0748. The van der Waals surface area contributed by atoms with E-state index >= 15 is 0 Å². The number of amides is 1. The van der Waals surface area contributed by atoms with Crippen molar-refractivity contribution in [2.75, 3.05) is 31.1 Å². The fraction of sp³-hybridized carbons (Fsp3) is 0.267. The van der Waals surface area contributed by atoms with Crippen LogP contribution >= 0.6 is 0 Å². The van der Waals surface area contributed by atoms with E-state index in [1.807, 2.05) is 30.0 Å². The van der Waals surface area contributed by atoms with Gasteiger partial charge in [-0.25, -0.2) is 0 Å². The van der Waals surface area contributed by atoms with Gasteiger partial charge in [0.05, 0.1) is 11.1 Å². The fourth-order valence-electron chi connectivity index (χ4n) is 4.92. The first-order valence-corrected chi connectivity index (χ1v) is 12.0. The minimum Gasteiger partial charge on any atom is -0.368 e. The van der Waals surface area contributed by atoms with Crippen molar-refractivity contribution in [3.05, 3.63) is 94.7 Å².